The lowest BCUT2D eigenvalue weighted by atomic mass is 9.85. The van der Waals surface area contributed by atoms with Gasteiger partial charge in [-0.25, -0.2) is 9.97 Å². The third kappa shape index (κ3) is 2.85. The molecule has 102 valence electrons. The number of carbonyl (C=O) groups excluding carboxylic acids is 1. The van der Waals surface area contributed by atoms with E-state index in [0.717, 1.165) is 29.8 Å². The lowest BCUT2D eigenvalue weighted by Crippen LogP contribution is -2.34. The van der Waals surface area contributed by atoms with Gasteiger partial charge in [0.2, 0.25) is 5.91 Å². The van der Waals surface area contributed by atoms with Crippen molar-refractivity contribution in [2.24, 2.45) is 5.92 Å². The molecule has 1 heterocycles. The molecule has 4 nitrogen and oxygen atoms in total. The van der Waals surface area contributed by atoms with Crippen LogP contribution in [-0.4, -0.2) is 15.9 Å². The van der Waals surface area contributed by atoms with Gasteiger partial charge in [0.15, 0.2) is 0 Å². The van der Waals surface area contributed by atoms with Crippen molar-refractivity contribution in [2.45, 2.75) is 25.8 Å². The molecule has 3 rings (SSSR count). The van der Waals surface area contributed by atoms with Gasteiger partial charge < -0.3 is 5.32 Å². The molecule has 1 N–H and O–H groups in total. The highest BCUT2D eigenvalue weighted by Gasteiger charge is 2.24. The van der Waals surface area contributed by atoms with Gasteiger partial charge in [0.1, 0.15) is 6.33 Å². The average Bonchev–Trinajstić information content (AvgIpc) is 2.45. The lowest BCUT2D eigenvalue weighted by molar-refractivity contribution is -0.127. The molecule has 0 aliphatic heterocycles. The molecule has 4 heteroatoms. The molecular weight excluding hydrogens is 250 g/mol. The first-order valence-corrected chi connectivity index (χ1v) is 6.97. The Bertz CT molecular complexity index is 594. The molecule has 1 aromatic heterocycles. The molecule has 20 heavy (non-hydrogen) atoms. The van der Waals surface area contributed by atoms with E-state index < -0.39 is 0 Å². The van der Waals surface area contributed by atoms with Gasteiger partial charge in [0.25, 0.3) is 0 Å². The van der Waals surface area contributed by atoms with Crippen molar-refractivity contribution in [1.29, 1.82) is 0 Å². The molecule has 1 aliphatic rings. The van der Waals surface area contributed by atoms with Crippen molar-refractivity contribution >= 4 is 5.91 Å². The quantitative estimate of drug-likeness (QED) is 0.926. The third-order valence-electron chi connectivity index (χ3n) is 3.71. The van der Waals surface area contributed by atoms with E-state index in [1.807, 2.05) is 36.4 Å². The largest absolute Gasteiger partial charge is 0.350 e. The minimum absolute atomic E-state index is 0.149. The van der Waals surface area contributed by atoms with Gasteiger partial charge >= 0.3 is 0 Å². The molecule has 0 saturated heterocycles. The van der Waals surface area contributed by atoms with Gasteiger partial charge in [0.05, 0.1) is 17.9 Å². The molecule has 0 unspecified atom stereocenters. The molecule has 0 radical (unpaired) electrons. The number of hydrogen-bond donors (Lipinski definition) is 1. The second-order valence-electron chi connectivity index (χ2n) is 5.11. The minimum Gasteiger partial charge on any atom is -0.350 e. The fraction of sp³-hybridized carbons (Fsp3) is 0.312. The predicted molar refractivity (Wildman–Crippen MR) is 76.7 cm³/mol. The summed E-state index contributed by atoms with van der Waals surface area (Å²) >= 11 is 0. The number of hydrogen-bond acceptors (Lipinski definition) is 3. The first kappa shape index (κ1) is 12.8. The highest BCUT2D eigenvalue weighted by Crippen LogP contribution is 2.26. The van der Waals surface area contributed by atoms with Crippen LogP contribution in [0.15, 0.2) is 42.7 Å². The van der Waals surface area contributed by atoms with E-state index in [4.69, 9.17) is 0 Å². The second-order valence-corrected chi connectivity index (χ2v) is 5.11. The van der Waals surface area contributed by atoms with Crippen LogP contribution in [0.1, 0.15) is 25.0 Å². The van der Waals surface area contributed by atoms with Crippen LogP contribution in [0.4, 0.5) is 0 Å². The molecule has 1 aromatic carbocycles. The van der Waals surface area contributed by atoms with E-state index in [-0.39, 0.29) is 11.8 Å². The predicted octanol–water partition coefficient (Wildman–Crippen LogP) is 2.56. The summed E-state index contributed by atoms with van der Waals surface area (Å²) in [5, 5.41) is 2.95. The molecule has 1 saturated carbocycles. The number of aromatic nitrogens is 2. The van der Waals surface area contributed by atoms with Crippen molar-refractivity contribution in [3.8, 4) is 11.3 Å². The van der Waals surface area contributed by atoms with Crippen LogP contribution >= 0.6 is 0 Å². The van der Waals surface area contributed by atoms with Gasteiger partial charge in [-0.3, -0.25) is 4.79 Å². The Morgan fingerprint density at radius 3 is 2.70 bits per heavy atom. The van der Waals surface area contributed by atoms with E-state index in [1.165, 1.54) is 6.42 Å². The Kier molecular flexibility index (Phi) is 3.72. The Labute approximate surface area is 118 Å². The number of carbonyl (C=O) groups is 1. The van der Waals surface area contributed by atoms with Gasteiger partial charge in [-0.15, -0.1) is 0 Å². The number of nitrogens with one attached hydrogen (secondary N) is 1. The maximum Gasteiger partial charge on any atom is 0.223 e. The van der Waals surface area contributed by atoms with E-state index >= 15 is 0 Å². The molecule has 0 spiro atoms. The van der Waals surface area contributed by atoms with Crippen molar-refractivity contribution in [3.63, 3.8) is 0 Å². The third-order valence-corrected chi connectivity index (χ3v) is 3.71. The zero-order chi connectivity index (χ0) is 13.8. The highest BCUT2D eigenvalue weighted by molar-refractivity contribution is 5.79. The SMILES string of the molecule is O=C(NCc1cc(-c2ccccc2)ncn1)C1CCC1. The maximum absolute atomic E-state index is 11.8. The first-order valence-electron chi connectivity index (χ1n) is 6.97. The number of nitrogens with zero attached hydrogens (tertiary/aromatic N) is 2. The van der Waals surface area contributed by atoms with E-state index in [9.17, 15) is 4.79 Å². The molecule has 1 fully saturated rings. The number of rotatable bonds is 4. The smallest absolute Gasteiger partial charge is 0.223 e. The summed E-state index contributed by atoms with van der Waals surface area (Å²) in [7, 11) is 0. The fourth-order valence-electron chi connectivity index (χ4n) is 2.25. The first-order chi connectivity index (χ1) is 9.83. The van der Waals surface area contributed by atoms with Crippen LogP contribution in [0.25, 0.3) is 11.3 Å². The Balaban J connectivity index is 1.67. The monoisotopic (exact) mass is 267 g/mol. The number of amides is 1. The molecule has 1 amide bonds. The summed E-state index contributed by atoms with van der Waals surface area (Å²) < 4.78 is 0. The Morgan fingerprint density at radius 2 is 2.00 bits per heavy atom. The summed E-state index contributed by atoms with van der Waals surface area (Å²) in [4.78, 5) is 20.3. The van der Waals surface area contributed by atoms with E-state index in [1.54, 1.807) is 6.33 Å². The van der Waals surface area contributed by atoms with Crippen molar-refractivity contribution < 1.29 is 4.79 Å². The lowest BCUT2D eigenvalue weighted by Gasteiger charge is -2.23. The van der Waals surface area contributed by atoms with Crippen molar-refractivity contribution in [2.75, 3.05) is 0 Å². The van der Waals surface area contributed by atoms with Gasteiger partial charge in [-0.1, -0.05) is 36.8 Å². The highest BCUT2D eigenvalue weighted by atomic mass is 16.1. The second kappa shape index (κ2) is 5.82. The average molecular weight is 267 g/mol. The normalized spacial score (nSPS) is 14.6. The standard InChI is InChI=1S/C16H17N3O/c20-16(13-7-4-8-13)17-10-14-9-15(19-11-18-14)12-5-2-1-3-6-12/h1-3,5-6,9,11,13H,4,7-8,10H2,(H,17,20). The molecular formula is C16H17N3O. The number of benzene rings is 1. The fourth-order valence-corrected chi connectivity index (χ4v) is 2.25. The van der Waals surface area contributed by atoms with Crippen LogP contribution in [0.5, 0.6) is 0 Å². The zero-order valence-corrected chi connectivity index (χ0v) is 11.2. The molecule has 2 aromatic rings. The van der Waals surface area contributed by atoms with Crippen LogP contribution in [0.3, 0.4) is 0 Å². The maximum atomic E-state index is 11.8. The van der Waals surface area contributed by atoms with E-state index in [2.05, 4.69) is 15.3 Å². The summed E-state index contributed by atoms with van der Waals surface area (Å²) in [6.07, 6.45) is 4.76. The summed E-state index contributed by atoms with van der Waals surface area (Å²) in [6.45, 7) is 0.470. The summed E-state index contributed by atoms with van der Waals surface area (Å²) in [5.41, 5.74) is 2.78. The Hall–Kier alpha value is -2.23. The summed E-state index contributed by atoms with van der Waals surface area (Å²) in [6, 6.07) is 11.9. The van der Waals surface area contributed by atoms with Crippen molar-refractivity contribution in [3.05, 3.63) is 48.4 Å². The van der Waals surface area contributed by atoms with Gasteiger partial charge in [0, 0.05) is 11.5 Å². The molecule has 0 atom stereocenters. The van der Waals surface area contributed by atoms with E-state index in [0.29, 0.717) is 6.54 Å². The van der Waals surface area contributed by atoms with Crippen LogP contribution in [-0.2, 0) is 11.3 Å². The topological polar surface area (TPSA) is 54.9 Å². The minimum atomic E-state index is 0.149. The van der Waals surface area contributed by atoms with Crippen LogP contribution < -0.4 is 5.32 Å². The summed E-state index contributed by atoms with van der Waals surface area (Å²) in [5.74, 6) is 0.363. The van der Waals surface area contributed by atoms with Gasteiger partial charge in [-0.2, -0.15) is 0 Å². The van der Waals surface area contributed by atoms with Crippen molar-refractivity contribution in [1.82, 2.24) is 15.3 Å². The van der Waals surface area contributed by atoms with Gasteiger partial charge in [-0.05, 0) is 18.9 Å². The van der Waals surface area contributed by atoms with Crippen LogP contribution in [0.2, 0.25) is 0 Å². The van der Waals surface area contributed by atoms with Crippen LogP contribution in [0, 0.1) is 5.92 Å². The molecule has 1 aliphatic carbocycles. The Morgan fingerprint density at radius 1 is 1.20 bits per heavy atom. The zero-order valence-electron chi connectivity index (χ0n) is 11.2. The molecule has 0 bridgehead atoms.